The summed E-state index contributed by atoms with van der Waals surface area (Å²) in [6.07, 6.45) is 0. The summed E-state index contributed by atoms with van der Waals surface area (Å²) in [6.45, 7) is 4.74. The Kier molecular flexibility index (Phi) is 2.73. The first-order valence-electron chi connectivity index (χ1n) is 5.43. The molecular weight excluding hydrogens is 204 g/mol. The molecule has 0 saturated carbocycles. The molecule has 2 rings (SSSR count). The molecule has 1 aliphatic rings. The molecule has 16 heavy (non-hydrogen) atoms. The molecule has 1 unspecified atom stereocenters. The first-order valence-corrected chi connectivity index (χ1v) is 5.43. The Hall–Kier alpha value is -1.71. The number of hydrogen-bond donors (Lipinski definition) is 1. The molecule has 4 nitrogen and oxygen atoms in total. The monoisotopic (exact) mass is 220 g/mol. The van der Waals surface area contributed by atoms with Crippen molar-refractivity contribution in [2.24, 2.45) is 0 Å². The Morgan fingerprint density at radius 3 is 2.88 bits per heavy atom. The number of benzene rings is 1. The highest BCUT2D eigenvalue weighted by molar-refractivity contribution is 6.03. The van der Waals surface area contributed by atoms with Crippen LogP contribution in [0.2, 0.25) is 0 Å². The minimum atomic E-state index is -0.135. The number of fused-ring (bicyclic) bond motifs is 1. The van der Waals surface area contributed by atoms with E-state index in [1.807, 2.05) is 32.0 Å². The van der Waals surface area contributed by atoms with Crippen LogP contribution in [0.5, 0.6) is 5.75 Å². The van der Waals surface area contributed by atoms with Gasteiger partial charge in [-0.05, 0) is 26.0 Å². The van der Waals surface area contributed by atoms with Crippen LogP contribution in [0.15, 0.2) is 18.2 Å². The van der Waals surface area contributed by atoms with Gasteiger partial charge in [0, 0.05) is 12.6 Å². The van der Waals surface area contributed by atoms with Crippen molar-refractivity contribution in [3.63, 3.8) is 0 Å². The van der Waals surface area contributed by atoms with Crippen LogP contribution in [0.4, 0.5) is 11.4 Å². The van der Waals surface area contributed by atoms with Crippen molar-refractivity contribution in [2.45, 2.75) is 19.9 Å². The number of nitrogens with one attached hydrogen (secondary N) is 1. The highest BCUT2D eigenvalue weighted by Gasteiger charge is 2.28. The summed E-state index contributed by atoms with van der Waals surface area (Å²) >= 11 is 0. The second-order valence-electron chi connectivity index (χ2n) is 3.83. The molecule has 0 saturated heterocycles. The van der Waals surface area contributed by atoms with Crippen LogP contribution in [0.1, 0.15) is 13.8 Å². The van der Waals surface area contributed by atoms with Gasteiger partial charge in [-0.25, -0.2) is 0 Å². The van der Waals surface area contributed by atoms with Gasteiger partial charge < -0.3 is 15.0 Å². The van der Waals surface area contributed by atoms with Crippen LogP contribution in [-0.2, 0) is 4.79 Å². The van der Waals surface area contributed by atoms with E-state index in [-0.39, 0.29) is 11.9 Å². The topological polar surface area (TPSA) is 41.6 Å². The molecule has 0 aromatic heterocycles. The zero-order valence-corrected chi connectivity index (χ0v) is 9.78. The number of ether oxygens (including phenoxy) is 1. The maximum Gasteiger partial charge on any atom is 0.246 e. The van der Waals surface area contributed by atoms with Crippen molar-refractivity contribution in [1.82, 2.24) is 0 Å². The van der Waals surface area contributed by atoms with Crippen LogP contribution in [0.3, 0.4) is 0 Å². The van der Waals surface area contributed by atoms with E-state index in [0.29, 0.717) is 0 Å². The molecule has 1 amide bonds. The molecule has 1 aliphatic heterocycles. The Morgan fingerprint density at radius 2 is 2.25 bits per heavy atom. The number of likely N-dealkylation sites (N-methyl/N-ethyl adjacent to an activating group) is 1. The summed E-state index contributed by atoms with van der Waals surface area (Å²) in [5.41, 5.74) is 1.87. The fraction of sp³-hybridized carbons (Fsp3) is 0.417. The summed E-state index contributed by atoms with van der Waals surface area (Å²) in [5, 5.41) is 2.89. The zero-order chi connectivity index (χ0) is 11.7. The van der Waals surface area contributed by atoms with Gasteiger partial charge in [-0.3, -0.25) is 4.79 Å². The van der Waals surface area contributed by atoms with Gasteiger partial charge in [0.2, 0.25) is 5.91 Å². The van der Waals surface area contributed by atoms with E-state index in [1.54, 1.807) is 7.11 Å². The molecule has 1 aromatic rings. The highest BCUT2D eigenvalue weighted by atomic mass is 16.5. The molecule has 4 heteroatoms. The Labute approximate surface area is 95.2 Å². The van der Waals surface area contributed by atoms with Crippen LogP contribution >= 0.6 is 0 Å². The molecule has 1 atom stereocenters. The summed E-state index contributed by atoms with van der Waals surface area (Å²) in [4.78, 5) is 13.8. The van der Waals surface area contributed by atoms with Crippen molar-refractivity contribution in [2.75, 3.05) is 23.9 Å². The average molecular weight is 220 g/mol. The quantitative estimate of drug-likeness (QED) is 0.827. The van der Waals surface area contributed by atoms with E-state index in [4.69, 9.17) is 4.74 Å². The predicted octanol–water partition coefficient (Wildman–Crippen LogP) is 1.86. The van der Waals surface area contributed by atoms with E-state index in [0.717, 1.165) is 23.7 Å². The van der Waals surface area contributed by atoms with E-state index < -0.39 is 0 Å². The fourth-order valence-electron chi connectivity index (χ4n) is 2.01. The third kappa shape index (κ3) is 1.60. The van der Waals surface area contributed by atoms with Gasteiger partial charge in [-0.2, -0.15) is 0 Å². The maximum absolute atomic E-state index is 11.7. The summed E-state index contributed by atoms with van der Waals surface area (Å²) in [5.74, 6) is 0.847. The third-order valence-electron chi connectivity index (χ3n) is 2.96. The largest absolute Gasteiger partial charge is 0.497 e. The van der Waals surface area contributed by atoms with Crippen molar-refractivity contribution in [3.8, 4) is 5.75 Å². The average Bonchev–Trinajstić information content (AvgIpc) is 2.30. The lowest BCUT2D eigenvalue weighted by atomic mass is 10.1. The van der Waals surface area contributed by atoms with Gasteiger partial charge >= 0.3 is 0 Å². The standard InChI is InChI=1S/C12H16N2O2/c1-4-14-8(2)12(15)13-10-6-5-9(16-3)7-11(10)14/h5-8H,4H2,1-3H3,(H,13,15). The van der Waals surface area contributed by atoms with E-state index >= 15 is 0 Å². The Bertz CT molecular complexity index is 417. The number of hydrogen-bond acceptors (Lipinski definition) is 3. The smallest absolute Gasteiger partial charge is 0.246 e. The van der Waals surface area contributed by atoms with Crippen molar-refractivity contribution in [3.05, 3.63) is 18.2 Å². The predicted molar refractivity (Wildman–Crippen MR) is 64.1 cm³/mol. The van der Waals surface area contributed by atoms with Crippen LogP contribution in [0, 0.1) is 0 Å². The molecule has 1 N–H and O–H groups in total. The maximum atomic E-state index is 11.7. The molecule has 0 fully saturated rings. The van der Waals surface area contributed by atoms with Gasteiger partial charge in [0.05, 0.1) is 18.5 Å². The summed E-state index contributed by atoms with van der Waals surface area (Å²) in [6, 6.07) is 5.54. The molecule has 86 valence electrons. The van der Waals surface area contributed by atoms with Gasteiger partial charge in [0.25, 0.3) is 0 Å². The molecule has 1 heterocycles. The van der Waals surface area contributed by atoms with Crippen LogP contribution in [-0.4, -0.2) is 25.6 Å². The molecule has 0 spiro atoms. The summed E-state index contributed by atoms with van der Waals surface area (Å²) < 4.78 is 5.20. The minimum Gasteiger partial charge on any atom is -0.497 e. The fourth-order valence-corrected chi connectivity index (χ4v) is 2.01. The zero-order valence-electron chi connectivity index (χ0n) is 9.78. The van der Waals surface area contributed by atoms with Crippen LogP contribution < -0.4 is 15.0 Å². The number of carbonyl (C=O) groups excluding carboxylic acids is 1. The van der Waals surface area contributed by atoms with Gasteiger partial charge in [-0.1, -0.05) is 0 Å². The minimum absolute atomic E-state index is 0.0412. The Morgan fingerprint density at radius 1 is 1.50 bits per heavy atom. The molecule has 0 aliphatic carbocycles. The molecule has 0 bridgehead atoms. The number of nitrogens with zero attached hydrogens (tertiary/aromatic N) is 1. The first-order chi connectivity index (χ1) is 7.67. The number of carbonyl (C=O) groups is 1. The lowest BCUT2D eigenvalue weighted by molar-refractivity contribution is -0.117. The molecule has 0 radical (unpaired) electrons. The van der Waals surface area contributed by atoms with Crippen LogP contribution in [0.25, 0.3) is 0 Å². The third-order valence-corrected chi connectivity index (χ3v) is 2.96. The van der Waals surface area contributed by atoms with Crippen molar-refractivity contribution < 1.29 is 9.53 Å². The van der Waals surface area contributed by atoms with E-state index in [9.17, 15) is 4.79 Å². The normalized spacial score (nSPS) is 19.1. The van der Waals surface area contributed by atoms with E-state index in [1.165, 1.54) is 0 Å². The number of methoxy groups -OCH3 is 1. The second kappa shape index (κ2) is 4.04. The van der Waals surface area contributed by atoms with Crippen molar-refractivity contribution >= 4 is 17.3 Å². The Balaban J connectivity index is 2.47. The van der Waals surface area contributed by atoms with Gasteiger partial charge in [0.15, 0.2) is 0 Å². The van der Waals surface area contributed by atoms with Gasteiger partial charge in [0.1, 0.15) is 11.8 Å². The highest BCUT2D eigenvalue weighted by Crippen LogP contribution is 2.34. The van der Waals surface area contributed by atoms with E-state index in [2.05, 4.69) is 10.2 Å². The lowest BCUT2D eigenvalue weighted by Crippen LogP contribution is -2.46. The lowest BCUT2D eigenvalue weighted by Gasteiger charge is -2.35. The molecule has 1 aromatic carbocycles. The summed E-state index contributed by atoms with van der Waals surface area (Å²) in [7, 11) is 1.64. The number of anilines is 2. The van der Waals surface area contributed by atoms with Crippen molar-refractivity contribution in [1.29, 1.82) is 0 Å². The SMILES string of the molecule is CCN1c2cc(OC)ccc2NC(=O)C1C. The molecular formula is C12H16N2O2. The number of amides is 1. The first kappa shape index (κ1) is 10.8. The number of rotatable bonds is 2. The second-order valence-corrected chi connectivity index (χ2v) is 3.83. The van der Waals surface area contributed by atoms with Gasteiger partial charge in [-0.15, -0.1) is 0 Å².